The zero-order valence-corrected chi connectivity index (χ0v) is 22.8. The van der Waals surface area contributed by atoms with Crippen molar-refractivity contribution >= 4 is 61.5 Å². The normalized spacial score (nSPS) is 14.8. The summed E-state index contributed by atoms with van der Waals surface area (Å²) in [5.74, 6) is -0.0502. The molecule has 10 heteroatoms. The second kappa shape index (κ2) is 11.5. The van der Waals surface area contributed by atoms with Crippen LogP contribution in [0, 0.1) is 5.92 Å². The van der Waals surface area contributed by atoms with Crippen LogP contribution in [0.1, 0.15) is 63.4 Å². The zero-order chi connectivity index (χ0) is 24.9. The van der Waals surface area contributed by atoms with Gasteiger partial charge in [-0.05, 0) is 83.5 Å². The Morgan fingerprint density at radius 3 is 2.71 bits per heavy atom. The molecule has 2 aromatic heterocycles. The number of fused-ring (bicyclic) bond motifs is 1. The predicted octanol–water partition coefficient (Wildman–Crippen LogP) is 5.57. The SMILES string of the molecule is CCOC(=O)c1c(NC(=S)NC(=O)c2ccc(Cn3cc(Br)cn3)cc2)sc2c1CC[C@@H](CC)C2. The van der Waals surface area contributed by atoms with Gasteiger partial charge >= 0.3 is 5.97 Å². The van der Waals surface area contributed by atoms with Gasteiger partial charge in [0.1, 0.15) is 5.00 Å². The Kier molecular flexibility index (Phi) is 8.35. The number of aromatic nitrogens is 2. The number of amides is 1. The Morgan fingerprint density at radius 2 is 2.06 bits per heavy atom. The molecule has 1 aliphatic carbocycles. The van der Waals surface area contributed by atoms with Gasteiger partial charge in [-0.1, -0.05) is 25.5 Å². The van der Waals surface area contributed by atoms with Crippen LogP contribution in [0.25, 0.3) is 0 Å². The summed E-state index contributed by atoms with van der Waals surface area (Å²) in [5.41, 5.74) is 3.11. The van der Waals surface area contributed by atoms with Crippen molar-refractivity contribution in [3.05, 3.63) is 68.3 Å². The molecular formula is C25H27BrN4O3S2. The molecule has 1 amide bonds. The van der Waals surface area contributed by atoms with Crippen molar-refractivity contribution in [1.82, 2.24) is 15.1 Å². The molecule has 184 valence electrons. The van der Waals surface area contributed by atoms with E-state index in [-0.39, 0.29) is 17.0 Å². The molecule has 0 radical (unpaired) electrons. The second-order valence-electron chi connectivity index (χ2n) is 8.41. The number of nitrogens with zero attached hydrogens (tertiary/aromatic N) is 2. The number of esters is 1. The van der Waals surface area contributed by atoms with E-state index in [4.69, 9.17) is 17.0 Å². The molecular weight excluding hydrogens is 548 g/mol. The van der Waals surface area contributed by atoms with E-state index < -0.39 is 0 Å². The van der Waals surface area contributed by atoms with Crippen LogP contribution < -0.4 is 10.6 Å². The lowest BCUT2D eigenvalue weighted by molar-refractivity contribution is 0.0526. The van der Waals surface area contributed by atoms with Crippen LogP contribution in [0.4, 0.5) is 5.00 Å². The van der Waals surface area contributed by atoms with Crippen molar-refractivity contribution in [1.29, 1.82) is 0 Å². The fourth-order valence-corrected chi connectivity index (χ4v) is 6.13. The van der Waals surface area contributed by atoms with Crippen molar-refractivity contribution in [3.8, 4) is 0 Å². The first-order chi connectivity index (χ1) is 16.9. The number of halogens is 1. The molecule has 1 aromatic carbocycles. The lowest BCUT2D eigenvalue weighted by atomic mass is 9.86. The largest absolute Gasteiger partial charge is 0.462 e. The minimum absolute atomic E-state index is 0.150. The molecule has 1 aliphatic rings. The highest BCUT2D eigenvalue weighted by molar-refractivity contribution is 9.10. The first-order valence-corrected chi connectivity index (χ1v) is 13.6. The summed E-state index contributed by atoms with van der Waals surface area (Å²) in [6.45, 7) is 4.89. The first kappa shape index (κ1) is 25.5. The summed E-state index contributed by atoms with van der Waals surface area (Å²) < 4.78 is 8.04. The minimum atomic E-state index is -0.351. The maximum atomic E-state index is 12.8. The molecule has 1 atom stereocenters. The van der Waals surface area contributed by atoms with Crippen molar-refractivity contribution in [2.75, 3.05) is 11.9 Å². The fourth-order valence-electron chi connectivity index (χ4n) is 4.19. The highest BCUT2D eigenvalue weighted by Crippen LogP contribution is 2.40. The standard InChI is InChI=1S/C25H27BrN4O3S2/c1-3-15-7-10-19-20(11-15)35-23(21(19)24(32)33-4-2)29-25(34)28-22(31)17-8-5-16(6-9-17)13-30-14-18(26)12-27-30/h5-6,8-9,12,14-15H,3-4,7,10-11,13H2,1-2H3,(H2,28,29,31,34)/t15-/m1/s1. The average Bonchev–Trinajstić information content (AvgIpc) is 3.41. The van der Waals surface area contributed by atoms with Gasteiger partial charge in [0.2, 0.25) is 0 Å². The third-order valence-electron chi connectivity index (χ3n) is 6.04. The molecule has 7 nitrogen and oxygen atoms in total. The van der Waals surface area contributed by atoms with E-state index in [2.05, 4.69) is 38.6 Å². The molecule has 4 rings (SSSR count). The second-order valence-corrected chi connectivity index (χ2v) is 10.8. The Hall–Kier alpha value is -2.56. The number of ether oxygens (including phenoxy) is 1. The fraction of sp³-hybridized carbons (Fsp3) is 0.360. The van der Waals surface area contributed by atoms with Crippen molar-refractivity contribution < 1.29 is 14.3 Å². The lowest BCUT2D eigenvalue weighted by Gasteiger charge is -2.21. The summed E-state index contributed by atoms with van der Waals surface area (Å²) in [6, 6.07) is 7.28. The van der Waals surface area contributed by atoms with E-state index >= 15 is 0 Å². The van der Waals surface area contributed by atoms with Gasteiger partial charge in [-0.3, -0.25) is 14.8 Å². The van der Waals surface area contributed by atoms with Crippen LogP contribution in [-0.4, -0.2) is 33.4 Å². The first-order valence-electron chi connectivity index (χ1n) is 11.6. The lowest BCUT2D eigenvalue weighted by Crippen LogP contribution is -2.34. The monoisotopic (exact) mass is 574 g/mol. The summed E-state index contributed by atoms with van der Waals surface area (Å²) >= 11 is 10.3. The van der Waals surface area contributed by atoms with E-state index in [1.807, 2.05) is 23.0 Å². The Labute approximate surface area is 222 Å². The van der Waals surface area contributed by atoms with E-state index in [1.54, 1.807) is 25.3 Å². The summed E-state index contributed by atoms with van der Waals surface area (Å²) in [7, 11) is 0. The quantitative estimate of drug-likeness (QED) is 0.283. The van der Waals surface area contributed by atoms with Crippen LogP contribution in [0.15, 0.2) is 41.1 Å². The molecule has 2 heterocycles. The third kappa shape index (κ3) is 6.17. The van der Waals surface area contributed by atoms with Gasteiger partial charge in [0.15, 0.2) is 5.11 Å². The Balaban J connectivity index is 1.43. The van der Waals surface area contributed by atoms with E-state index in [0.717, 1.165) is 41.3 Å². The number of benzene rings is 1. The molecule has 0 unspecified atom stereocenters. The number of rotatable bonds is 7. The van der Waals surface area contributed by atoms with Gasteiger partial charge in [-0.15, -0.1) is 11.3 Å². The van der Waals surface area contributed by atoms with E-state index in [1.165, 1.54) is 16.2 Å². The van der Waals surface area contributed by atoms with Crippen molar-refractivity contribution in [2.45, 2.75) is 46.1 Å². The maximum absolute atomic E-state index is 12.8. The van der Waals surface area contributed by atoms with Crippen LogP contribution in [0.5, 0.6) is 0 Å². The molecule has 0 spiro atoms. The van der Waals surface area contributed by atoms with Crippen LogP contribution >= 0.6 is 39.5 Å². The molecule has 35 heavy (non-hydrogen) atoms. The van der Waals surface area contributed by atoms with Crippen LogP contribution in [-0.2, 0) is 24.1 Å². The number of anilines is 1. The molecule has 0 fully saturated rings. The van der Waals surface area contributed by atoms with E-state index in [0.29, 0.717) is 35.2 Å². The number of hydrogen-bond acceptors (Lipinski definition) is 6. The molecule has 3 aromatic rings. The van der Waals surface area contributed by atoms with Gasteiger partial charge < -0.3 is 10.1 Å². The van der Waals surface area contributed by atoms with E-state index in [9.17, 15) is 9.59 Å². The molecule has 0 saturated carbocycles. The number of carbonyl (C=O) groups is 2. The molecule has 0 aliphatic heterocycles. The number of nitrogens with one attached hydrogen (secondary N) is 2. The zero-order valence-electron chi connectivity index (χ0n) is 19.6. The summed E-state index contributed by atoms with van der Waals surface area (Å²) in [4.78, 5) is 26.7. The summed E-state index contributed by atoms with van der Waals surface area (Å²) in [6.07, 6.45) is 7.59. The smallest absolute Gasteiger partial charge is 0.341 e. The van der Waals surface area contributed by atoms with Crippen LogP contribution in [0.3, 0.4) is 0 Å². The average molecular weight is 576 g/mol. The van der Waals surface area contributed by atoms with Crippen LogP contribution in [0.2, 0.25) is 0 Å². The number of hydrogen-bond donors (Lipinski definition) is 2. The molecule has 0 saturated heterocycles. The Bertz CT molecular complexity index is 1240. The van der Waals surface area contributed by atoms with Gasteiger partial charge in [0, 0.05) is 16.6 Å². The number of thiophene rings is 1. The van der Waals surface area contributed by atoms with Gasteiger partial charge in [-0.25, -0.2) is 4.79 Å². The predicted molar refractivity (Wildman–Crippen MR) is 145 cm³/mol. The van der Waals surface area contributed by atoms with Gasteiger partial charge in [0.05, 0.1) is 29.4 Å². The third-order valence-corrected chi connectivity index (χ3v) is 7.82. The molecule has 2 N–H and O–H groups in total. The minimum Gasteiger partial charge on any atom is -0.462 e. The van der Waals surface area contributed by atoms with Gasteiger partial charge in [0.25, 0.3) is 5.91 Å². The Morgan fingerprint density at radius 1 is 1.29 bits per heavy atom. The topological polar surface area (TPSA) is 85.3 Å². The van der Waals surface area contributed by atoms with Crippen molar-refractivity contribution in [3.63, 3.8) is 0 Å². The number of thiocarbonyl (C=S) groups is 1. The molecule has 0 bridgehead atoms. The number of carbonyl (C=O) groups excluding carboxylic acids is 2. The highest BCUT2D eigenvalue weighted by atomic mass is 79.9. The van der Waals surface area contributed by atoms with Crippen molar-refractivity contribution in [2.24, 2.45) is 5.92 Å². The highest BCUT2D eigenvalue weighted by Gasteiger charge is 2.29. The maximum Gasteiger partial charge on any atom is 0.341 e. The summed E-state index contributed by atoms with van der Waals surface area (Å²) in [5, 5.41) is 10.8. The van der Waals surface area contributed by atoms with Gasteiger partial charge in [-0.2, -0.15) is 5.10 Å².